The van der Waals surface area contributed by atoms with Gasteiger partial charge in [0.1, 0.15) is 23.8 Å². The molecule has 5 nitrogen and oxygen atoms in total. The molecule has 7 heteroatoms. The van der Waals surface area contributed by atoms with Gasteiger partial charge in [0.25, 0.3) is 0 Å². The summed E-state index contributed by atoms with van der Waals surface area (Å²) in [4.78, 5) is 0. The van der Waals surface area contributed by atoms with Crippen LogP contribution in [-0.2, 0) is 29.3 Å². The Bertz CT molecular complexity index is 1020. The van der Waals surface area contributed by atoms with Crippen molar-refractivity contribution in [3.05, 3.63) is 52.8 Å². The Balaban J connectivity index is 1.56. The molecule has 0 spiro atoms. The second-order valence-corrected chi connectivity index (χ2v) is 10.4. The molecule has 2 N–H and O–H groups in total. The van der Waals surface area contributed by atoms with E-state index < -0.39 is 15.4 Å². The van der Waals surface area contributed by atoms with E-state index in [4.69, 9.17) is 4.74 Å². The number of hydrogen-bond donors (Lipinski definition) is 2. The molecule has 0 amide bonds. The first-order chi connectivity index (χ1) is 13.8. The third-order valence-corrected chi connectivity index (χ3v) is 7.62. The Morgan fingerprint density at radius 3 is 2.41 bits per heavy atom. The van der Waals surface area contributed by atoms with Crippen LogP contribution in [0.4, 0.5) is 4.39 Å². The summed E-state index contributed by atoms with van der Waals surface area (Å²) >= 11 is 0. The van der Waals surface area contributed by atoms with Crippen LogP contribution in [0.2, 0.25) is 0 Å². The van der Waals surface area contributed by atoms with Crippen molar-refractivity contribution in [2.24, 2.45) is 0 Å². The summed E-state index contributed by atoms with van der Waals surface area (Å²) in [5, 5.41) is 20.0. The minimum Gasteiger partial charge on any atom is -0.491 e. The molecule has 156 valence electrons. The van der Waals surface area contributed by atoms with Gasteiger partial charge < -0.3 is 14.9 Å². The first kappa shape index (κ1) is 20.3. The smallest absolute Gasteiger partial charge is 0.150 e. The number of sulfone groups is 1. The average Bonchev–Trinajstić information content (AvgIpc) is 2.87. The van der Waals surface area contributed by atoms with Crippen LogP contribution in [0, 0.1) is 5.82 Å². The lowest BCUT2D eigenvalue weighted by atomic mass is 9.94. The fraction of sp³-hybridized carbons (Fsp3) is 0.455. The third kappa shape index (κ3) is 4.32. The predicted molar refractivity (Wildman–Crippen MR) is 108 cm³/mol. The summed E-state index contributed by atoms with van der Waals surface area (Å²) in [5.74, 6) is 0.214. The lowest BCUT2D eigenvalue weighted by Gasteiger charge is -2.31. The van der Waals surface area contributed by atoms with Gasteiger partial charge in [0.15, 0.2) is 9.84 Å². The van der Waals surface area contributed by atoms with Gasteiger partial charge in [-0.25, -0.2) is 12.8 Å². The van der Waals surface area contributed by atoms with Crippen LogP contribution in [0.1, 0.15) is 36.0 Å². The summed E-state index contributed by atoms with van der Waals surface area (Å²) < 4.78 is 43.1. The summed E-state index contributed by atoms with van der Waals surface area (Å²) in [7, 11) is -3.05. The molecule has 1 aliphatic heterocycles. The van der Waals surface area contributed by atoms with E-state index >= 15 is 0 Å². The van der Waals surface area contributed by atoms with Gasteiger partial charge in [-0.2, -0.15) is 0 Å². The molecule has 1 fully saturated rings. The lowest BCUT2D eigenvalue weighted by molar-refractivity contribution is -0.0128. The first-order valence-corrected chi connectivity index (χ1v) is 11.7. The number of aryl methyl sites for hydroxylation is 2. The minimum absolute atomic E-state index is 0.0163. The second-order valence-electron chi connectivity index (χ2n) is 8.10. The van der Waals surface area contributed by atoms with Gasteiger partial charge in [-0.15, -0.1) is 0 Å². The highest BCUT2D eigenvalue weighted by Crippen LogP contribution is 2.36. The zero-order valence-corrected chi connectivity index (χ0v) is 17.0. The molecule has 2 aromatic carbocycles. The fourth-order valence-corrected chi connectivity index (χ4v) is 5.70. The van der Waals surface area contributed by atoms with E-state index in [0.29, 0.717) is 5.75 Å². The molecule has 2 aromatic rings. The molecule has 0 saturated carbocycles. The van der Waals surface area contributed by atoms with Crippen LogP contribution in [-0.4, -0.2) is 42.3 Å². The van der Waals surface area contributed by atoms with Gasteiger partial charge >= 0.3 is 0 Å². The van der Waals surface area contributed by atoms with E-state index in [1.165, 1.54) is 6.07 Å². The van der Waals surface area contributed by atoms with Crippen molar-refractivity contribution >= 4 is 9.84 Å². The molecular formula is C22H25FO5S. The summed E-state index contributed by atoms with van der Waals surface area (Å²) in [6.45, 7) is -0.290. The average molecular weight is 421 g/mol. The van der Waals surface area contributed by atoms with Crippen molar-refractivity contribution in [3.8, 4) is 16.9 Å². The number of rotatable bonds is 4. The maximum atomic E-state index is 14.1. The van der Waals surface area contributed by atoms with Gasteiger partial charge in [-0.1, -0.05) is 6.07 Å². The van der Waals surface area contributed by atoms with Crippen molar-refractivity contribution in [3.63, 3.8) is 0 Å². The predicted octanol–water partition coefficient (Wildman–Crippen LogP) is 2.79. The van der Waals surface area contributed by atoms with E-state index in [1.807, 2.05) is 18.2 Å². The number of halogens is 1. The molecule has 2 aliphatic rings. The van der Waals surface area contributed by atoms with Crippen LogP contribution < -0.4 is 4.74 Å². The zero-order valence-electron chi connectivity index (χ0n) is 16.2. The molecular weight excluding hydrogens is 395 g/mol. The largest absolute Gasteiger partial charge is 0.491 e. The SMILES string of the molecule is O=S1(=O)CCC(O)(COc2ccc3c(c2)CCCc2cc(F)c(CO)cc2-3)CC1. The van der Waals surface area contributed by atoms with E-state index in [-0.39, 0.29) is 48.9 Å². The van der Waals surface area contributed by atoms with Crippen molar-refractivity contribution < 1.29 is 27.8 Å². The van der Waals surface area contributed by atoms with E-state index in [0.717, 1.165) is 41.5 Å². The number of hydrogen-bond acceptors (Lipinski definition) is 5. The van der Waals surface area contributed by atoms with Gasteiger partial charge in [0.2, 0.25) is 0 Å². The molecule has 1 heterocycles. The molecule has 29 heavy (non-hydrogen) atoms. The Kier molecular flexibility index (Phi) is 5.40. The highest BCUT2D eigenvalue weighted by atomic mass is 32.2. The molecule has 0 radical (unpaired) electrons. The summed E-state index contributed by atoms with van der Waals surface area (Å²) in [6.07, 6.45) is 2.83. The number of aliphatic hydroxyl groups is 2. The van der Waals surface area contributed by atoms with E-state index in [1.54, 1.807) is 6.07 Å². The maximum Gasteiger partial charge on any atom is 0.150 e. The Morgan fingerprint density at radius 1 is 1.03 bits per heavy atom. The Labute approximate surface area is 170 Å². The van der Waals surface area contributed by atoms with Crippen molar-refractivity contribution in [1.29, 1.82) is 0 Å². The molecule has 4 rings (SSSR count). The first-order valence-electron chi connectivity index (χ1n) is 9.90. The molecule has 0 bridgehead atoms. The topological polar surface area (TPSA) is 83.8 Å². The quantitative estimate of drug-likeness (QED) is 0.795. The standard InChI is InChI=1S/C22H25FO5S/c23-21-12-16-3-1-2-15-10-18(4-5-19(15)20(16)11-17(21)13-24)28-14-22(25)6-8-29(26,27)9-7-22/h4-5,10-12,24-25H,1-3,6-9,13-14H2. The van der Waals surface area contributed by atoms with Gasteiger partial charge in [0, 0.05) is 5.56 Å². The summed E-state index contributed by atoms with van der Waals surface area (Å²) in [5.41, 5.74) is 3.11. The Morgan fingerprint density at radius 2 is 1.72 bits per heavy atom. The molecule has 0 unspecified atom stereocenters. The van der Waals surface area contributed by atoms with Crippen LogP contribution in [0.25, 0.3) is 11.1 Å². The normalized spacial score (nSPS) is 19.7. The van der Waals surface area contributed by atoms with Crippen molar-refractivity contribution in [1.82, 2.24) is 0 Å². The van der Waals surface area contributed by atoms with Gasteiger partial charge in [0.05, 0.1) is 18.1 Å². The Hall–Kier alpha value is -1.96. The van der Waals surface area contributed by atoms with Gasteiger partial charge in [-0.05, 0) is 78.6 Å². The number of aliphatic hydroxyl groups excluding tert-OH is 1. The van der Waals surface area contributed by atoms with Gasteiger partial charge in [-0.3, -0.25) is 0 Å². The second kappa shape index (κ2) is 7.70. The highest BCUT2D eigenvalue weighted by molar-refractivity contribution is 7.91. The fourth-order valence-electron chi connectivity index (χ4n) is 4.12. The number of ether oxygens (including phenoxy) is 1. The zero-order chi connectivity index (χ0) is 20.6. The maximum absolute atomic E-state index is 14.1. The van der Waals surface area contributed by atoms with Crippen LogP contribution >= 0.6 is 0 Å². The van der Waals surface area contributed by atoms with Crippen molar-refractivity contribution in [2.45, 2.75) is 44.3 Å². The molecule has 0 aromatic heterocycles. The monoisotopic (exact) mass is 420 g/mol. The van der Waals surface area contributed by atoms with E-state index in [2.05, 4.69) is 0 Å². The van der Waals surface area contributed by atoms with Crippen LogP contribution in [0.5, 0.6) is 5.75 Å². The van der Waals surface area contributed by atoms with Crippen LogP contribution in [0.3, 0.4) is 0 Å². The summed E-state index contributed by atoms with van der Waals surface area (Å²) in [6, 6.07) is 8.94. The van der Waals surface area contributed by atoms with Crippen molar-refractivity contribution in [2.75, 3.05) is 18.1 Å². The van der Waals surface area contributed by atoms with Crippen LogP contribution in [0.15, 0.2) is 30.3 Å². The lowest BCUT2D eigenvalue weighted by Crippen LogP contribution is -2.43. The minimum atomic E-state index is -3.05. The molecule has 1 aliphatic carbocycles. The third-order valence-electron chi connectivity index (χ3n) is 5.97. The number of fused-ring (bicyclic) bond motifs is 3. The highest BCUT2D eigenvalue weighted by Gasteiger charge is 2.36. The molecule has 1 saturated heterocycles. The van der Waals surface area contributed by atoms with E-state index in [9.17, 15) is 23.0 Å². The molecule has 0 atom stereocenters. The number of benzene rings is 2.